The van der Waals surface area contributed by atoms with Gasteiger partial charge in [-0.3, -0.25) is 15.2 Å². The first-order valence-electron chi connectivity index (χ1n) is 4.43. The van der Waals surface area contributed by atoms with Crippen LogP contribution in [0.2, 0.25) is 0 Å². The van der Waals surface area contributed by atoms with Gasteiger partial charge in [-0.1, -0.05) is 0 Å². The molecule has 2 N–H and O–H groups in total. The molecular formula is C8H8N6O2. The standard InChI is InChI=1S/C8H8N6O2/c15-14(16)7-4-10-8(11-5-7)9-1-6-2-12-13-3-6/h2-5H,1H2,(H,12,13)(H,9,10,11). The van der Waals surface area contributed by atoms with E-state index in [1.165, 1.54) is 0 Å². The predicted octanol–water partition coefficient (Wildman–Crippen LogP) is 0.720. The van der Waals surface area contributed by atoms with Crippen LogP contribution in [0.4, 0.5) is 11.6 Å². The Morgan fingerprint density at radius 3 is 2.69 bits per heavy atom. The van der Waals surface area contributed by atoms with Gasteiger partial charge < -0.3 is 5.32 Å². The molecule has 0 aromatic carbocycles. The highest BCUT2D eigenvalue weighted by molar-refractivity contribution is 5.31. The van der Waals surface area contributed by atoms with E-state index in [9.17, 15) is 10.1 Å². The lowest BCUT2D eigenvalue weighted by atomic mass is 10.4. The van der Waals surface area contributed by atoms with Crippen LogP contribution in [0.15, 0.2) is 24.8 Å². The van der Waals surface area contributed by atoms with Crippen molar-refractivity contribution in [1.82, 2.24) is 20.2 Å². The maximum absolute atomic E-state index is 10.3. The highest BCUT2D eigenvalue weighted by Crippen LogP contribution is 2.08. The Hall–Kier alpha value is -2.51. The highest BCUT2D eigenvalue weighted by atomic mass is 16.6. The topological polar surface area (TPSA) is 110 Å². The van der Waals surface area contributed by atoms with Crippen molar-refractivity contribution < 1.29 is 4.92 Å². The van der Waals surface area contributed by atoms with Crippen molar-refractivity contribution in [3.63, 3.8) is 0 Å². The van der Waals surface area contributed by atoms with Crippen LogP contribution in [0.5, 0.6) is 0 Å². The van der Waals surface area contributed by atoms with Crippen LogP contribution < -0.4 is 5.32 Å². The van der Waals surface area contributed by atoms with Gasteiger partial charge in [0, 0.05) is 18.3 Å². The van der Waals surface area contributed by atoms with Gasteiger partial charge in [-0.2, -0.15) is 5.10 Å². The maximum Gasteiger partial charge on any atom is 0.305 e. The molecule has 0 atom stereocenters. The van der Waals surface area contributed by atoms with Crippen molar-refractivity contribution in [2.75, 3.05) is 5.32 Å². The molecule has 0 aliphatic rings. The third-order valence-electron chi connectivity index (χ3n) is 1.85. The molecule has 16 heavy (non-hydrogen) atoms. The molecular weight excluding hydrogens is 212 g/mol. The summed E-state index contributed by atoms with van der Waals surface area (Å²) in [5, 5.41) is 19.7. The first-order valence-corrected chi connectivity index (χ1v) is 4.43. The number of hydrogen-bond donors (Lipinski definition) is 2. The summed E-state index contributed by atoms with van der Waals surface area (Å²) in [6.45, 7) is 0.508. The van der Waals surface area contributed by atoms with Crippen LogP contribution in [0.3, 0.4) is 0 Å². The van der Waals surface area contributed by atoms with Gasteiger partial charge in [-0.05, 0) is 0 Å². The summed E-state index contributed by atoms with van der Waals surface area (Å²) in [4.78, 5) is 17.4. The zero-order valence-corrected chi connectivity index (χ0v) is 8.12. The Bertz CT molecular complexity index is 466. The third-order valence-corrected chi connectivity index (χ3v) is 1.85. The van der Waals surface area contributed by atoms with E-state index in [2.05, 4.69) is 25.5 Å². The Balaban J connectivity index is 1.98. The summed E-state index contributed by atoms with van der Waals surface area (Å²) in [6, 6.07) is 0. The summed E-state index contributed by atoms with van der Waals surface area (Å²) >= 11 is 0. The third kappa shape index (κ3) is 2.29. The molecule has 8 nitrogen and oxygen atoms in total. The van der Waals surface area contributed by atoms with Crippen molar-refractivity contribution in [3.8, 4) is 0 Å². The van der Waals surface area contributed by atoms with Crippen molar-refractivity contribution in [3.05, 3.63) is 40.5 Å². The Kier molecular flexibility index (Phi) is 2.72. The number of nitrogens with zero attached hydrogens (tertiary/aromatic N) is 4. The minimum atomic E-state index is -0.542. The molecule has 82 valence electrons. The van der Waals surface area contributed by atoms with Crippen LogP contribution in [-0.2, 0) is 6.54 Å². The van der Waals surface area contributed by atoms with E-state index in [1.54, 1.807) is 12.4 Å². The number of aromatic amines is 1. The van der Waals surface area contributed by atoms with E-state index in [1.807, 2.05) is 0 Å². The van der Waals surface area contributed by atoms with E-state index >= 15 is 0 Å². The monoisotopic (exact) mass is 220 g/mol. The number of nitro groups is 1. The molecule has 0 aliphatic carbocycles. The van der Waals surface area contributed by atoms with Crippen LogP contribution in [0, 0.1) is 10.1 Å². The number of rotatable bonds is 4. The molecule has 8 heteroatoms. The Morgan fingerprint density at radius 2 is 2.12 bits per heavy atom. The molecule has 0 amide bonds. The van der Waals surface area contributed by atoms with E-state index < -0.39 is 4.92 Å². The second-order valence-corrected chi connectivity index (χ2v) is 2.98. The van der Waals surface area contributed by atoms with Crippen molar-refractivity contribution >= 4 is 11.6 Å². The first-order chi connectivity index (χ1) is 7.75. The Morgan fingerprint density at radius 1 is 1.38 bits per heavy atom. The van der Waals surface area contributed by atoms with Crippen molar-refractivity contribution in [2.24, 2.45) is 0 Å². The molecule has 2 heterocycles. The lowest BCUT2D eigenvalue weighted by Crippen LogP contribution is -2.03. The largest absolute Gasteiger partial charge is 0.350 e. The number of aromatic nitrogens is 4. The smallest absolute Gasteiger partial charge is 0.305 e. The fourth-order valence-electron chi connectivity index (χ4n) is 1.06. The minimum Gasteiger partial charge on any atom is -0.350 e. The summed E-state index contributed by atoms with van der Waals surface area (Å²) in [5.41, 5.74) is 0.816. The van der Waals surface area contributed by atoms with E-state index in [4.69, 9.17) is 0 Å². The summed E-state index contributed by atoms with van der Waals surface area (Å²) in [7, 11) is 0. The number of H-pyrrole nitrogens is 1. The fourth-order valence-corrected chi connectivity index (χ4v) is 1.06. The molecule has 0 bridgehead atoms. The quantitative estimate of drug-likeness (QED) is 0.580. The predicted molar refractivity (Wildman–Crippen MR) is 54.6 cm³/mol. The van der Waals surface area contributed by atoms with Gasteiger partial charge in [0.05, 0.1) is 11.1 Å². The fraction of sp³-hybridized carbons (Fsp3) is 0.125. The van der Waals surface area contributed by atoms with Crippen LogP contribution >= 0.6 is 0 Å². The van der Waals surface area contributed by atoms with Crippen LogP contribution in [0.1, 0.15) is 5.56 Å². The molecule has 0 spiro atoms. The second-order valence-electron chi connectivity index (χ2n) is 2.98. The van der Waals surface area contributed by atoms with Gasteiger partial charge in [0.25, 0.3) is 0 Å². The van der Waals surface area contributed by atoms with Gasteiger partial charge in [0.15, 0.2) is 0 Å². The second kappa shape index (κ2) is 4.34. The van der Waals surface area contributed by atoms with E-state index in [-0.39, 0.29) is 5.69 Å². The van der Waals surface area contributed by atoms with Gasteiger partial charge in [-0.25, -0.2) is 9.97 Å². The number of anilines is 1. The average Bonchev–Trinajstić information content (AvgIpc) is 2.80. The molecule has 0 radical (unpaired) electrons. The van der Waals surface area contributed by atoms with Gasteiger partial charge in [-0.15, -0.1) is 0 Å². The Labute approximate surface area is 89.9 Å². The lowest BCUT2D eigenvalue weighted by molar-refractivity contribution is -0.385. The highest BCUT2D eigenvalue weighted by Gasteiger charge is 2.06. The average molecular weight is 220 g/mol. The molecule has 2 aromatic rings. The molecule has 0 unspecified atom stereocenters. The van der Waals surface area contributed by atoms with Gasteiger partial charge >= 0.3 is 5.69 Å². The van der Waals surface area contributed by atoms with E-state index in [0.717, 1.165) is 18.0 Å². The number of nitrogens with one attached hydrogen (secondary N) is 2. The van der Waals surface area contributed by atoms with Crippen LogP contribution in [-0.4, -0.2) is 25.1 Å². The molecule has 2 aromatic heterocycles. The van der Waals surface area contributed by atoms with Crippen molar-refractivity contribution in [2.45, 2.75) is 6.54 Å². The summed E-state index contributed by atoms with van der Waals surface area (Å²) < 4.78 is 0. The normalized spacial score (nSPS) is 10.0. The van der Waals surface area contributed by atoms with E-state index in [0.29, 0.717) is 12.5 Å². The van der Waals surface area contributed by atoms with Gasteiger partial charge in [0.2, 0.25) is 5.95 Å². The summed E-state index contributed by atoms with van der Waals surface area (Å²) in [6.07, 6.45) is 5.71. The van der Waals surface area contributed by atoms with Crippen molar-refractivity contribution in [1.29, 1.82) is 0 Å². The summed E-state index contributed by atoms with van der Waals surface area (Å²) in [5.74, 6) is 0.340. The SMILES string of the molecule is O=[N+]([O-])c1cnc(NCc2cn[nH]c2)nc1. The molecule has 0 fully saturated rings. The maximum atomic E-state index is 10.3. The molecule has 0 aliphatic heterocycles. The zero-order valence-electron chi connectivity index (χ0n) is 8.12. The first kappa shape index (κ1) is 10.0. The van der Waals surface area contributed by atoms with Gasteiger partial charge in [0.1, 0.15) is 12.4 Å². The number of hydrogen-bond acceptors (Lipinski definition) is 6. The van der Waals surface area contributed by atoms with Crippen LogP contribution in [0.25, 0.3) is 0 Å². The molecule has 2 rings (SSSR count). The minimum absolute atomic E-state index is 0.131. The lowest BCUT2D eigenvalue weighted by Gasteiger charge is -2.00. The molecule has 0 saturated carbocycles. The molecule has 0 saturated heterocycles. The zero-order chi connectivity index (χ0) is 11.4.